The Kier molecular flexibility index (Phi) is 4.74. The van der Waals surface area contributed by atoms with Gasteiger partial charge in [0.05, 0.1) is 29.0 Å². The molecule has 2 aromatic rings. The maximum atomic E-state index is 12.2. The van der Waals surface area contributed by atoms with Gasteiger partial charge in [-0.2, -0.15) is 0 Å². The molecule has 1 saturated heterocycles. The summed E-state index contributed by atoms with van der Waals surface area (Å²) >= 11 is 7.24. The van der Waals surface area contributed by atoms with Crippen LogP contribution >= 0.6 is 22.9 Å². The van der Waals surface area contributed by atoms with Crippen LogP contribution in [0.3, 0.4) is 0 Å². The molecule has 0 unspecified atom stereocenters. The first-order valence-electron chi connectivity index (χ1n) is 6.94. The van der Waals surface area contributed by atoms with Gasteiger partial charge in [0.15, 0.2) is 0 Å². The topological polar surface area (TPSA) is 67.4 Å². The maximum Gasteiger partial charge on any atom is 0.322 e. The van der Waals surface area contributed by atoms with E-state index in [9.17, 15) is 4.79 Å². The molecule has 2 amide bonds. The Hall–Kier alpha value is -1.86. The number of ether oxygens (including phenoxy) is 1. The Bertz CT molecular complexity index is 620. The molecule has 3 heterocycles. The summed E-state index contributed by atoms with van der Waals surface area (Å²) < 4.78 is 5.73. The summed E-state index contributed by atoms with van der Waals surface area (Å²) in [6.07, 6.45) is 4.64. The predicted octanol–water partition coefficient (Wildman–Crippen LogP) is 3.27. The molecule has 3 rings (SSSR count). The summed E-state index contributed by atoms with van der Waals surface area (Å²) in [5.41, 5.74) is 0. The van der Waals surface area contributed by atoms with E-state index in [1.54, 1.807) is 4.90 Å². The molecular weight excluding hydrogens is 324 g/mol. The van der Waals surface area contributed by atoms with Crippen LogP contribution in [0, 0.1) is 0 Å². The maximum absolute atomic E-state index is 12.2. The Balaban J connectivity index is 1.56. The van der Waals surface area contributed by atoms with Crippen molar-refractivity contribution in [3.05, 3.63) is 34.9 Å². The van der Waals surface area contributed by atoms with Crippen LogP contribution in [-0.2, 0) is 0 Å². The first kappa shape index (κ1) is 15.1. The Morgan fingerprint density at radius 3 is 3.00 bits per heavy atom. The number of hydrogen-bond acceptors (Lipinski definition) is 5. The lowest BCUT2D eigenvalue weighted by Gasteiger charge is -2.32. The minimum Gasteiger partial charge on any atom is -0.458 e. The van der Waals surface area contributed by atoms with E-state index < -0.39 is 0 Å². The van der Waals surface area contributed by atoms with Gasteiger partial charge in [-0.05, 0) is 30.4 Å². The third-order valence-corrected chi connectivity index (χ3v) is 4.27. The molecule has 22 heavy (non-hydrogen) atoms. The van der Waals surface area contributed by atoms with Crippen LogP contribution in [0.5, 0.6) is 6.01 Å². The highest BCUT2D eigenvalue weighted by Crippen LogP contribution is 2.19. The molecule has 1 aliphatic heterocycles. The van der Waals surface area contributed by atoms with Gasteiger partial charge < -0.3 is 9.64 Å². The molecule has 1 atom stereocenters. The number of carbonyl (C=O) groups excluding carboxylic acids is 1. The molecule has 8 heteroatoms. The fourth-order valence-electron chi connectivity index (χ4n) is 2.26. The molecule has 1 fully saturated rings. The van der Waals surface area contributed by atoms with E-state index in [1.807, 2.05) is 17.5 Å². The zero-order valence-corrected chi connectivity index (χ0v) is 13.3. The first-order chi connectivity index (χ1) is 10.7. The van der Waals surface area contributed by atoms with Crippen LogP contribution in [0.15, 0.2) is 29.9 Å². The Morgan fingerprint density at radius 2 is 2.27 bits per heavy atom. The van der Waals surface area contributed by atoms with Gasteiger partial charge in [0.25, 0.3) is 0 Å². The van der Waals surface area contributed by atoms with E-state index in [2.05, 4.69) is 15.3 Å². The van der Waals surface area contributed by atoms with Gasteiger partial charge in [0.1, 0.15) is 6.10 Å². The SMILES string of the molecule is O=C(Nc1cccs1)N1CCC[C@H](Oc2ncc(Cl)cn2)C1. The van der Waals surface area contributed by atoms with E-state index in [0.29, 0.717) is 11.6 Å². The molecule has 0 spiro atoms. The number of aromatic nitrogens is 2. The Morgan fingerprint density at radius 1 is 1.45 bits per heavy atom. The zero-order valence-electron chi connectivity index (χ0n) is 11.7. The molecule has 1 N–H and O–H groups in total. The van der Waals surface area contributed by atoms with Crippen LogP contribution in [0.25, 0.3) is 0 Å². The predicted molar refractivity (Wildman–Crippen MR) is 85.6 cm³/mol. The summed E-state index contributed by atoms with van der Waals surface area (Å²) in [4.78, 5) is 22.0. The molecule has 0 bridgehead atoms. The minimum atomic E-state index is -0.107. The summed E-state index contributed by atoms with van der Waals surface area (Å²) in [6.45, 7) is 1.24. The van der Waals surface area contributed by atoms with Crippen LogP contribution < -0.4 is 10.1 Å². The van der Waals surface area contributed by atoms with Gasteiger partial charge in [0, 0.05) is 6.54 Å². The van der Waals surface area contributed by atoms with Crippen molar-refractivity contribution in [2.24, 2.45) is 0 Å². The number of urea groups is 1. The van der Waals surface area contributed by atoms with E-state index in [-0.39, 0.29) is 18.1 Å². The van der Waals surface area contributed by atoms with Gasteiger partial charge in [-0.3, -0.25) is 5.32 Å². The molecular formula is C14H15ClN4O2S. The largest absolute Gasteiger partial charge is 0.458 e. The molecule has 0 saturated carbocycles. The lowest BCUT2D eigenvalue weighted by atomic mass is 10.1. The number of likely N-dealkylation sites (tertiary alicyclic amines) is 1. The third kappa shape index (κ3) is 3.86. The quantitative estimate of drug-likeness (QED) is 0.932. The third-order valence-electron chi connectivity index (χ3n) is 3.29. The van der Waals surface area contributed by atoms with Crippen molar-refractivity contribution >= 4 is 34.0 Å². The van der Waals surface area contributed by atoms with Crippen LogP contribution in [-0.4, -0.2) is 40.1 Å². The summed E-state index contributed by atoms with van der Waals surface area (Å²) in [6, 6.07) is 3.96. The number of rotatable bonds is 3. The second-order valence-electron chi connectivity index (χ2n) is 4.92. The smallest absolute Gasteiger partial charge is 0.322 e. The van der Waals surface area contributed by atoms with Crippen LogP contribution in [0.1, 0.15) is 12.8 Å². The van der Waals surface area contributed by atoms with Crippen molar-refractivity contribution in [1.29, 1.82) is 0 Å². The highest BCUT2D eigenvalue weighted by atomic mass is 35.5. The van der Waals surface area contributed by atoms with E-state index in [1.165, 1.54) is 23.7 Å². The summed E-state index contributed by atoms with van der Waals surface area (Å²) in [5.74, 6) is 0. The number of halogens is 1. The van der Waals surface area contributed by atoms with E-state index in [4.69, 9.17) is 16.3 Å². The molecule has 116 valence electrons. The average Bonchev–Trinajstić information content (AvgIpc) is 3.03. The standard InChI is InChI=1S/C14H15ClN4O2S/c15-10-7-16-13(17-8-10)21-11-3-1-5-19(9-11)14(20)18-12-4-2-6-22-12/h2,4,6-8,11H,1,3,5,9H2,(H,18,20)/t11-/m0/s1. The second-order valence-corrected chi connectivity index (χ2v) is 6.30. The van der Waals surface area contributed by atoms with Gasteiger partial charge >= 0.3 is 12.0 Å². The fraction of sp³-hybridized carbons (Fsp3) is 0.357. The lowest BCUT2D eigenvalue weighted by Crippen LogP contribution is -2.46. The number of piperidine rings is 1. The molecule has 2 aromatic heterocycles. The van der Waals surface area contributed by atoms with Gasteiger partial charge in [-0.15, -0.1) is 11.3 Å². The summed E-state index contributed by atoms with van der Waals surface area (Å²) in [5, 5.41) is 6.12. The van der Waals surface area contributed by atoms with E-state index in [0.717, 1.165) is 24.4 Å². The highest BCUT2D eigenvalue weighted by molar-refractivity contribution is 7.14. The van der Waals surface area contributed by atoms with Crippen LogP contribution in [0.2, 0.25) is 5.02 Å². The number of anilines is 1. The van der Waals surface area contributed by atoms with Crippen molar-refractivity contribution in [2.75, 3.05) is 18.4 Å². The molecule has 1 aliphatic rings. The number of thiophene rings is 1. The Labute approximate surface area is 137 Å². The lowest BCUT2D eigenvalue weighted by molar-refractivity contribution is 0.0983. The number of amides is 2. The zero-order chi connectivity index (χ0) is 15.4. The second kappa shape index (κ2) is 6.93. The fourth-order valence-corrected chi connectivity index (χ4v) is 2.97. The number of carbonyl (C=O) groups is 1. The van der Waals surface area contributed by atoms with Gasteiger partial charge in [0.2, 0.25) is 0 Å². The monoisotopic (exact) mass is 338 g/mol. The summed E-state index contributed by atoms with van der Waals surface area (Å²) in [7, 11) is 0. The number of nitrogens with one attached hydrogen (secondary N) is 1. The molecule has 6 nitrogen and oxygen atoms in total. The van der Waals surface area contributed by atoms with Gasteiger partial charge in [-0.25, -0.2) is 14.8 Å². The molecule has 0 radical (unpaired) electrons. The number of nitrogens with zero attached hydrogens (tertiary/aromatic N) is 3. The van der Waals surface area contributed by atoms with Crippen molar-refractivity contribution in [3.63, 3.8) is 0 Å². The highest BCUT2D eigenvalue weighted by Gasteiger charge is 2.25. The van der Waals surface area contributed by atoms with E-state index >= 15 is 0 Å². The van der Waals surface area contributed by atoms with Crippen LogP contribution in [0.4, 0.5) is 9.80 Å². The molecule has 0 aromatic carbocycles. The molecule has 0 aliphatic carbocycles. The van der Waals surface area contributed by atoms with Crippen molar-refractivity contribution < 1.29 is 9.53 Å². The van der Waals surface area contributed by atoms with Gasteiger partial charge in [-0.1, -0.05) is 11.6 Å². The number of hydrogen-bond donors (Lipinski definition) is 1. The van der Waals surface area contributed by atoms with Crippen molar-refractivity contribution in [1.82, 2.24) is 14.9 Å². The van der Waals surface area contributed by atoms with Crippen molar-refractivity contribution in [3.8, 4) is 6.01 Å². The van der Waals surface area contributed by atoms with Crippen molar-refractivity contribution in [2.45, 2.75) is 18.9 Å². The average molecular weight is 339 g/mol. The minimum absolute atomic E-state index is 0.104. The first-order valence-corrected chi connectivity index (χ1v) is 8.20. The normalized spacial score (nSPS) is 18.0.